The molecule has 1 atom stereocenters. The number of carbonyl (C=O) groups excluding carboxylic acids is 3. The average molecular weight is 429 g/mol. The van der Waals surface area contributed by atoms with E-state index in [2.05, 4.69) is 10.6 Å². The van der Waals surface area contributed by atoms with Crippen LogP contribution in [0.25, 0.3) is 0 Å². The Morgan fingerprint density at radius 3 is 2.57 bits per heavy atom. The van der Waals surface area contributed by atoms with Gasteiger partial charge in [0.2, 0.25) is 15.9 Å². The van der Waals surface area contributed by atoms with Gasteiger partial charge in [0.15, 0.2) is 0 Å². The minimum atomic E-state index is -3.72. The topological polar surface area (TPSA) is 116 Å². The fourth-order valence-electron chi connectivity index (χ4n) is 3.10. The Kier molecular flexibility index (Phi) is 5.15. The molecule has 11 heteroatoms. The van der Waals surface area contributed by atoms with E-state index in [-0.39, 0.29) is 21.5 Å². The molecule has 4 amide bonds. The number of sulfonamides is 1. The van der Waals surface area contributed by atoms with Crippen molar-refractivity contribution in [2.75, 3.05) is 26.0 Å². The van der Waals surface area contributed by atoms with Gasteiger partial charge in [-0.05, 0) is 43.9 Å². The summed E-state index contributed by atoms with van der Waals surface area (Å²) in [6.07, 6.45) is 1.70. The number of nitrogens with one attached hydrogen (secondary N) is 2. The first-order valence-electron chi connectivity index (χ1n) is 8.63. The molecule has 0 bridgehead atoms. The molecule has 1 saturated carbocycles. The first-order chi connectivity index (χ1) is 13.0. The summed E-state index contributed by atoms with van der Waals surface area (Å²) in [4.78, 5) is 38.0. The van der Waals surface area contributed by atoms with Crippen LogP contribution in [-0.4, -0.2) is 61.6 Å². The van der Waals surface area contributed by atoms with Crippen molar-refractivity contribution in [3.63, 3.8) is 0 Å². The van der Waals surface area contributed by atoms with Gasteiger partial charge in [0.1, 0.15) is 12.1 Å². The average Bonchev–Trinajstić information content (AvgIpc) is 3.43. The van der Waals surface area contributed by atoms with Crippen molar-refractivity contribution in [3.8, 4) is 0 Å². The summed E-state index contributed by atoms with van der Waals surface area (Å²) in [6.45, 7) is 1.17. The normalized spacial score (nSPS) is 22.5. The largest absolute Gasteiger partial charge is 0.325 e. The van der Waals surface area contributed by atoms with Crippen molar-refractivity contribution in [2.24, 2.45) is 5.92 Å². The molecule has 1 heterocycles. The Morgan fingerprint density at radius 2 is 2.00 bits per heavy atom. The third-order valence-corrected chi connectivity index (χ3v) is 7.13. The summed E-state index contributed by atoms with van der Waals surface area (Å²) in [5.41, 5.74) is -0.902. The van der Waals surface area contributed by atoms with E-state index in [1.165, 1.54) is 32.3 Å². The number of carbonyl (C=O) groups is 3. The fourth-order valence-corrected chi connectivity index (χ4v) is 4.19. The molecular formula is C17H21ClN4O5S. The van der Waals surface area contributed by atoms with Gasteiger partial charge in [-0.3, -0.25) is 14.5 Å². The molecule has 2 N–H and O–H groups in total. The highest BCUT2D eigenvalue weighted by Gasteiger charge is 2.56. The van der Waals surface area contributed by atoms with Crippen molar-refractivity contribution in [3.05, 3.63) is 23.2 Å². The molecule has 0 radical (unpaired) electrons. The molecule has 28 heavy (non-hydrogen) atoms. The zero-order chi connectivity index (χ0) is 20.9. The van der Waals surface area contributed by atoms with Crippen molar-refractivity contribution in [1.29, 1.82) is 0 Å². The van der Waals surface area contributed by atoms with E-state index >= 15 is 0 Å². The lowest BCUT2D eigenvalue weighted by molar-refractivity contribution is -0.134. The third-order valence-electron chi connectivity index (χ3n) is 4.99. The van der Waals surface area contributed by atoms with Crippen LogP contribution in [0.15, 0.2) is 23.1 Å². The summed E-state index contributed by atoms with van der Waals surface area (Å²) in [6, 6.07) is 3.29. The van der Waals surface area contributed by atoms with Gasteiger partial charge in [-0.15, -0.1) is 0 Å². The maximum Gasteiger partial charge on any atom is 0.325 e. The van der Waals surface area contributed by atoms with Crippen molar-refractivity contribution >= 4 is 45.2 Å². The molecule has 0 spiro atoms. The highest BCUT2D eigenvalue weighted by molar-refractivity contribution is 7.89. The number of nitrogens with zero attached hydrogens (tertiary/aromatic N) is 2. The van der Waals surface area contributed by atoms with Gasteiger partial charge < -0.3 is 10.6 Å². The SMILES string of the molecule is CN(C)S(=O)(=O)c1ccc(Cl)c(NC(=O)CN2C(=O)N[C@](C)(C3CC3)C2=O)c1. The predicted molar refractivity (Wildman–Crippen MR) is 102 cm³/mol. The van der Waals surface area contributed by atoms with Crippen LogP contribution in [0.3, 0.4) is 0 Å². The molecule has 1 saturated heterocycles. The Morgan fingerprint density at radius 1 is 1.36 bits per heavy atom. The first kappa shape index (κ1) is 20.6. The van der Waals surface area contributed by atoms with Crippen molar-refractivity contribution in [2.45, 2.75) is 30.2 Å². The van der Waals surface area contributed by atoms with E-state index < -0.39 is 40.0 Å². The Labute approximate surface area is 168 Å². The molecule has 0 unspecified atom stereocenters. The van der Waals surface area contributed by atoms with Gasteiger partial charge in [0, 0.05) is 14.1 Å². The van der Waals surface area contributed by atoms with Gasteiger partial charge in [0.05, 0.1) is 15.6 Å². The zero-order valence-corrected chi connectivity index (χ0v) is 17.2. The minimum absolute atomic E-state index is 0.0477. The maximum absolute atomic E-state index is 12.6. The molecule has 1 aliphatic carbocycles. The number of benzene rings is 1. The second kappa shape index (κ2) is 7.02. The fraction of sp³-hybridized carbons (Fsp3) is 0.471. The van der Waals surface area contributed by atoms with Crippen LogP contribution in [0.4, 0.5) is 10.5 Å². The molecule has 0 aromatic heterocycles. The van der Waals surface area contributed by atoms with Crippen LogP contribution in [0, 0.1) is 5.92 Å². The summed E-state index contributed by atoms with van der Waals surface area (Å²) in [5, 5.41) is 5.27. The van der Waals surface area contributed by atoms with Crippen molar-refractivity contribution < 1.29 is 22.8 Å². The number of hydrogen-bond donors (Lipinski definition) is 2. The Bertz CT molecular complexity index is 960. The number of amides is 4. The van der Waals surface area contributed by atoms with Crippen LogP contribution in [0.2, 0.25) is 5.02 Å². The predicted octanol–water partition coefficient (Wildman–Crippen LogP) is 1.25. The van der Waals surface area contributed by atoms with Crippen LogP contribution < -0.4 is 10.6 Å². The first-order valence-corrected chi connectivity index (χ1v) is 10.4. The number of halogens is 1. The number of hydrogen-bond acceptors (Lipinski definition) is 5. The summed E-state index contributed by atoms with van der Waals surface area (Å²) in [5.74, 6) is -1.02. The molecule has 3 rings (SSSR count). The van der Waals surface area contributed by atoms with Crippen LogP contribution in [-0.2, 0) is 19.6 Å². The smallest absolute Gasteiger partial charge is 0.323 e. The molecule has 2 fully saturated rings. The number of anilines is 1. The third kappa shape index (κ3) is 3.59. The second-order valence-electron chi connectivity index (χ2n) is 7.28. The Balaban J connectivity index is 1.75. The molecule has 1 aromatic rings. The lowest BCUT2D eigenvalue weighted by Gasteiger charge is -2.20. The molecule has 152 valence electrons. The van der Waals surface area contributed by atoms with E-state index in [0.717, 1.165) is 22.0 Å². The number of rotatable bonds is 6. The molecule has 2 aliphatic rings. The zero-order valence-electron chi connectivity index (χ0n) is 15.7. The van der Waals surface area contributed by atoms with Crippen LogP contribution in [0.1, 0.15) is 19.8 Å². The second-order valence-corrected chi connectivity index (χ2v) is 9.83. The van der Waals surface area contributed by atoms with Gasteiger partial charge >= 0.3 is 6.03 Å². The van der Waals surface area contributed by atoms with Gasteiger partial charge in [-0.1, -0.05) is 11.6 Å². The number of urea groups is 1. The summed E-state index contributed by atoms with van der Waals surface area (Å²) >= 11 is 6.06. The van der Waals surface area contributed by atoms with Crippen molar-refractivity contribution in [1.82, 2.24) is 14.5 Å². The molecule has 9 nitrogen and oxygen atoms in total. The highest BCUT2D eigenvalue weighted by Crippen LogP contribution is 2.42. The monoisotopic (exact) mass is 428 g/mol. The number of imide groups is 1. The Hall–Kier alpha value is -2.17. The quantitative estimate of drug-likeness (QED) is 0.661. The van der Waals surface area contributed by atoms with E-state index in [1.807, 2.05) is 0 Å². The minimum Gasteiger partial charge on any atom is -0.323 e. The van der Waals surface area contributed by atoms with Crippen LogP contribution in [0.5, 0.6) is 0 Å². The molecule has 1 aliphatic heterocycles. The van der Waals surface area contributed by atoms with E-state index in [1.54, 1.807) is 6.92 Å². The van der Waals surface area contributed by atoms with Gasteiger partial charge in [0.25, 0.3) is 5.91 Å². The maximum atomic E-state index is 12.6. The van der Waals surface area contributed by atoms with Gasteiger partial charge in [-0.25, -0.2) is 17.5 Å². The van der Waals surface area contributed by atoms with E-state index in [0.29, 0.717) is 0 Å². The van der Waals surface area contributed by atoms with Crippen LogP contribution >= 0.6 is 11.6 Å². The summed E-state index contributed by atoms with van der Waals surface area (Å²) in [7, 11) is -0.944. The van der Waals surface area contributed by atoms with E-state index in [9.17, 15) is 22.8 Å². The standard InChI is InChI=1S/C17H21ClN4O5S/c1-17(10-4-5-10)15(24)22(16(25)20-17)9-14(23)19-13-8-11(6-7-12(13)18)28(26,27)21(2)3/h6-8,10H,4-5,9H2,1-3H3,(H,19,23)(H,20,25)/t17-/m1/s1. The highest BCUT2D eigenvalue weighted by atomic mass is 35.5. The lowest BCUT2D eigenvalue weighted by Crippen LogP contribution is -2.46. The molecule has 1 aromatic carbocycles. The summed E-state index contributed by atoms with van der Waals surface area (Å²) < 4.78 is 25.5. The molecular weight excluding hydrogens is 408 g/mol. The lowest BCUT2D eigenvalue weighted by atomic mass is 9.96. The van der Waals surface area contributed by atoms with Gasteiger partial charge in [-0.2, -0.15) is 0 Å². The van der Waals surface area contributed by atoms with E-state index in [4.69, 9.17) is 11.6 Å².